The molecule has 6 nitrogen and oxygen atoms in total. The highest BCUT2D eigenvalue weighted by molar-refractivity contribution is 7.19. The first-order chi connectivity index (χ1) is 29.2. The fraction of sp³-hybridized carbons (Fsp3) is 0.580. The summed E-state index contributed by atoms with van der Waals surface area (Å²) in [5, 5.41) is 10.1. The number of methoxy groups -OCH3 is 1. The largest absolute Gasteiger partial charge is 0.481 e. The molecule has 342 valence electrons. The molecule has 5 rings (SSSR count). The lowest BCUT2D eigenvalue weighted by atomic mass is 9.83. The Bertz CT molecular complexity index is 2070. The summed E-state index contributed by atoms with van der Waals surface area (Å²) in [4.78, 5) is 19.3. The third-order valence-corrected chi connectivity index (χ3v) is 14.0. The molecule has 1 aromatic heterocycles. The molecule has 0 amide bonds. The van der Waals surface area contributed by atoms with Gasteiger partial charge in [0.05, 0.1) is 22.9 Å². The van der Waals surface area contributed by atoms with Crippen molar-refractivity contribution in [3.63, 3.8) is 0 Å². The highest BCUT2D eigenvalue weighted by Crippen LogP contribution is 2.49. The van der Waals surface area contributed by atoms with Crippen molar-refractivity contribution < 1.29 is 31.5 Å². The summed E-state index contributed by atoms with van der Waals surface area (Å²) in [7, 11) is 3.21. The third kappa shape index (κ3) is 12.8. The number of carbonyl (C=O) groups excluding carboxylic acids is 1. The van der Waals surface area contributed by atoms with Gasteiger partial charge in [0.15, 0.2) is 11.6 Å². The van der Waals surface area contributed by atoms with E-state index in [0.717, 1.165) is 67.2 Å². The van der Waals surface area contributed by atoms with Crippen molar-refractivity contribution in [3.05, 3.63) is 87.3 Å². The summed E-state index contributed by atoms with van der Waals surface area (Å²) >= 11 is 1.000. The smallest absolute Gasteiger partial charge is 0.417 e. The number of hydrogen-bond donors (Lipinski definition) is 0. The van der Waals surface area contributed by atoms with Crippen LogP contribution in [-0.4, -0.2) is 66.8 Å². The van der Waals surface area contributed by atoms with E-state index in [4.69, 9.17) is 4.74 Å². The Labute approximate surface area is 372 Å². The van der Waals surface area contributed by atoms with Crippen molar-refractivity contribution >= 4 is 38.5 Å². The van der Waals surface area contributed by atoms with Crippen molar-refractivity contribution in [1.29, 1.82) is 5.26 Å². The van der Waals surface area contributed by atoms with Gasteiger partial charge >= 0.3 is 6.18 Å². The lowest BCUT2D eigenvalue weighted by Gasteiger charge is -2.37. The van der Waals surface area contributed by atoms with Crippen LogP contribution in [0, 0.1) is 34.9 Å². The molecule has 0 N–H and O–H groups in total. The number of rotatable bonds is 14. The number of fused-ring (bicyclic) bond motifs is 2. The van der Waals surface area contributed by atoms with E-state index in [2.05, 4.69) is 57.2 Å². The van der Waals surface area contributed by atoms with Crippen molar-refractivity contribution in [3.8, 4) is 6.07 Å². The molecule has 2 aromatic rings. The summed E-state index contributed by atoms with van der Waals surface area (Å²) in [6, 6.07) is 5.19. The van der Waals surface area contributed by atoms with E-state index in [1.807, 2.05) is 32.7 Å². The van der Waals surface area contributed by atoms with E-state index < -0.39 is 29.0 Å². The second-order valence-corrected chi connectivity index (χ2v) is 18.4. The van der Waals surface area contributed by atoms with E-state index in [-0.39, 0.29) is 62.0 Å². The fourth-order valence-electron chi connectivity index (χ4n) is 8.46. The van der Waals surface area contributed by atoms with Crippen LogP contribution in [0.4, 0.5) is 22.0 Å². The minimum Gasteiger partial charge on any atom is -0.481 e. The summed E-state index contributed by atoms with van der Waals surface area (Å²) in [6.07, 6.45) is 7.36. The predicted molar refractivity (Wildman–Crippen MR) is 247 cm³/mol. The molecular formula is C50H69F5N4O2S. The van der Waals surface area contributed by atoms with Gasteiger partial charge in [0.2, 0.25) is 5.88 Å². The van der Waals surface area contributed by atoms with Crippen LogP contribution in [0.25, 0.3) is 15.7 Å². The van der Waals surface area contributed by atoms with Gasteiger partial charge in [0.1, 0.15) is 17.6 Å². The van der Waals surface area contributed by atoms with Gasteiger partial charge in [-0.3, -0.25) is 4.79 Å². The standard InChI is InChI=1S/C38H48F5N3OS.C8H15N.C4H6O/c1-11-14-31(47-10)45-35-26(24(8)46(9)30(23(7)13-3)18-15-22(6)12-2)19-28(38(41,42)43)33(34(35)40)25-16-17-29(39)37-32(25)27(20-44)36(48-37)21(4)5;1-7-5-8-3-2-4-9(8)6-7;1-3-4(2)5/h14,16-17,19,21-23,30H,11-13,15,18H2,1-10H3;7-8H,2-6H2,1H3;3H,1H2,2H3/b26-24+,31-14-,45-35+;;/t22?,23-,30-;7-,8?;/m11./s1. The molecule has 0 bridgehead atoms. The lowest BCUT2D eigenvalue weighted by molar-refractivity contribution is -0.112. The monoisotopic (exact) mass is 885 g/mol. The molecule has 2 fully saturated rings. The Morgan fingerprint density at radius 2 is 1.79 bits per heavy atom. The van der Waals surface area contributed by atoms with Gasteiger partial charge in [-0.1, -0.05) is 80.9 Å². The second-order valence-electron chi connectivity index (χ2n) is 17.4. The number of nitrogens with zero attached hydrogens (tertiary/aromatic N) is 4. The molecule has 1 aromatic carbocycles. The number of nitriles is 1. The Kier molecular flexibility index (Phi) is 19.9. The maximum atomic E-state index is 17.2. The van der Waals surface area contributed by atoms with E-state index in [1.165, 1.54) is 52.5 Å². The number of hydrogen-bond acceptors (Lipinski definition) is 7. The Hall–Kier alpha value is -4.08. The first-order valence-corrected chi connectivity index (χ1v) is 23.0. The first kappa shape index (κ1) is 52.3. The molecule has 0 saturated carbocycles. The van der Waals surface area contributed by atoms with Crippen LogP contribution in [0.15, 0.2) is 70.5 Å². The maximum Gasteiger partial charge on any atom is 0.417 e. The number of alkyl halides is 3. The van der Waals surface area contributed by atoms with Gasteiger partial charge in [-0.05, 0) is 112 Å². The maximum absolute atomic E-state index is 17.2. The number of aliphatic imine (C=N–C) groups is 1. The molecule has 62 heavy (non-hydrogen) atoms. The van der Waals surface area contributed by atoms with Crippen molar-refractivity contribution in [2.24, 2.45) is 22.7 Å². The average molecular weight is 885 g/mol. The van der Waals surface area contributed by atoms with E-state index in [0.29, 0.717) is 22.9 Å². The number of thiophene rings is 1. The van der Waals surface area contributed by atoms with Crippen LogP contribution in [0.2, 0.25) is 0 Å². The minimum absolute atomic E-state index is 0.00600. The SMILES string of the molecule is C=CC(C)=O.CC/C=C(/N=C1/C(F)=C(c2ccc(F)c3sc(C(C)C)c(C#N)c23)C(C(F)(F)F)=C/C1=C(/C)N(C)[C@H](CCC(C)CC)[C@H](C)CC)OC.C[C@@H]1CC2CCCN2C1. The molecule has 5 atom stereocenters. The first-order valence-electron chi connectivity index (χ1n) is 22.2. The summed E-state index contributed by atoms with van der Waals surface area (Å²) in [5.41, 5.74) is -2.08. The van der Waals surface area contributed by atoms with Gasteiger partial charge in [0.25, 0.3) is 0 Å². The number of allylic oxidation sites excluding steroid dienone is 8. The zero-order valence-electron chi connectivity index (χ0n) is 39.0. The zero-order valence-corrected chi connectivity index (χ0v) is 39.8. The van der Waals surface area contributed by atoms with Crippen LogP contribution in [0.1, 0.15) is 143 Å². The normalized spacial score (nSPS) is 21.0. The number of ketones is 1. The lowest BCUT2D eigenvalue weighted by Crippen LogP contribution is -2.37. The van der Waals surface area contributed by atoms with Gasteiger partial charge in [-0.15, -0.1) is 11.3 Å². The molecule has 1 aliphatic carbocycles. The van der Waals surface area contributed by atoms with Crippen LogP contribution >= 0.6 is 11.3 Å². The Balaban J connectivity index is 0.000000613. The Morgan fingerprint density at radius 1 is 1.13 bits per heavy atom. The van der Waals surface area contributed by atoms with E-state index in [1.54, 1.807) is 13.0 Å². The fourth-order valence-corrected chi connectivity index (χ4v) is 9.64. The second kappa shape index (κ2) is 23.6. The summed E-state index contributed by atoms with van der Waals surface area (Å²) < 4.78 is 83.2. The van der Waals surface area contributed by atoms with Gasteiger partial charge in [-0.2, -0.15) is 18.4 Å². The minimum atomic E-state index is -5.00. The van der Waals surface area contributed by atoms with Crippen LogP contribution in [-0.2, 0) is 9.53 Å². The molecule has 3 aliphatic rings. The van der Waals surface area contributed by atoms with Crippen LogP contribution in [0.3, 0.4) is 0 Å². The summed E-state index contributed by atoms with van der Waals surface area (Å²) in [6.45, 7) is 25.5. The molecule has 0 radical (unpaired) electrons. The van der Waals surface area contributed by atoms with E-state index in [9.17, 15) is 10.1 Å². The van der Waals surface area contributed by atoms with Crippen molar-refractivity contribution in [2.75, 3.05) is 27.2 Å². The molecule has 12 heteroatoms. The number of carbonyl (C=O) groups is 1. The van der Waals surface area contributed by atoms with Crippen LogP contribution < -0.4 is 0 Å². The Morgan fingerprint density at radius 3 is 2.31 bits per heavy atom. The third-order valence-electron chi connectivity index (χ3n) is 12.5. The number of benzene rings is 1. The highest BCUT2D eigenvalue weighted by Gasteiger charge is 2.44. The van der Waals surface area contributed by atoms with Crippen LogP contribution in [0.5, 0.6) is 0 Å². The predicted octanol–water partition coefficient (Wildman–Crippen LogP) is 14.3. The number of halogens is 5. The molecule has 3 heterocycles. The van der Waals surface area contributed by atoms with Gasteiger partial charge < -0.3 is 14.5 Å². The topological polar surface area (TPSA) is 68.9 Å². The van der Waals surface area contributed by atoms with E-state index >= 15 is 22.0 Å². The molecule has 0 spiro atoms. The summed E-state index contributed by atoms with van der Waals surface area (Å²) in [5.74, 6) is -0.384. The molecule has 2 unspecified atom stereocenters. The van der Waals surface area contributed by atoms with Crippen molar-refractivity contribution in [2.45, 2.75) is 145 Å². The quantitative estimate of drug-likeness (QED) is 0.107. The highest BCUT2D eigenvalue weighted by atomic mass is 32.1. The average Bonchev–Trinajstić information content (AvgIpc) is 3.95. The number of ether oxygens (including phenoxy) is 1. The van der Waals surface area contributed by atoms with Gasteiger partial charge in [0, 0.05) is 52.8 Å². The molecule has 2 aliphatic heterocycles. The molecular weight excluding hydrogens is 816 g/mol. The van der Waals surface area contributed by atoms with Gasteiger partial charge in [-0.25, -0.2) is 13.8 Å². The zero-order chi connectivity index (χ0) is 46.6. The molecule has 2 saturated heterocycles. The van der Waals surface area contributed by atoms with Crippen molar-refractivity contribution in [1.82, 2.24) is 9.80 Å².